The van der Waals surface area contributed by atoms with Crippen molar-refractivity contribution in [1.82, 2.24) is 0 Å². The number of aryl methyl sites for hydroxylation is 2. The van der Waals surface area contributed by atoms with Crippen LogP contribution in [0.3, 0.4) is 0 Å². The Kier molecular flexibility index (Phi) is 4.59. The molecular weight excluding hydrogens is 236 g/mol. The van der Waals surface area contributed by atoms with Crippen LogP contribution in [0.5, 0.6) is 0 Å². The topological polar surface area (TPSA) is 65.2 Å². The maximum atomic E-state index is 6.01. The van der Waals surface area contributed by atoms with Gasteiger partial charge in [-0.25, -0.2) is 0 Å². The Morgan fingerprint density at radius 3 is 2.21 bits per heavy atom. The maximum absolute atomic E-state index is 6.01. The molecule has 3 nitrogen and oxygen atoms in total. The van der Waals surface area contributed by atoms with Crippen LogP contribution < -0.4 is 11.5 Å². The quantitative estimate of drug-likeness (QED) is 0.626. The van der Waals surface area contributed by atoms with Crippen LogP contribution in [-0.4, -0.2) is 0 Å². The normalized spacial score (nSPS) is 9.58. The third-order valence-electron chi connectivity index (χ3n) is 2.91. The molecule has 1 aromatic heterocycles. The van der Waals surface area contributed by atoms with Crippen molar-refractivity contribution >= 4 is 17.5 Å². The summed E-state index contributed by atoms with van der Waals surface area (Å²) in [6.07, 6.45) is 1.69. The monoisotopic (exact) mass is 256 g/mol. The number of hydrogen-bond acceptors (Lipinski definition) is 3. The molecule has 19 heavy (non-hydrogen) atoms. The molecule has 0 unspecified atom stereocenters. The molecule has 3 heteroatoms. The Labute approximate surface area is 114 Å². The minimum Gasteiger partial charge on any atom is -0.456 e. The van der Waals surface area contributed by atoms with E-state index in [0.29, 0.717) is 11.4 Å². The molecule has 0 saturated carbocycles. The second-order valence-corrected chi connectivity index (χ2v) is 4.12. The first kappa shape index (κ1) is 14.6. The van der Waals surface area contributed by atoms with Gasteiger partial charge in [0.15, 0.2) is 0 Å². The van der Waals surface area contributed by atoms with Crippen LogP contribution in [0.4, 0.5) is 11.4 Å². The first-order valence-electron chi connectivity index (χ1n) is 5.92. The van der Waals surface area contributed by atoms with Gasteiger partial charge in [0.25, 0.3) is 0 Å². The van der Waals surface area contributed by atoms with E-state index in [1.807, 2.05) is 32.0 Å². The zero-order chi connectivity index (χ0) is 14.6. The molecule has 2 rings (SSSR count). The van der Waals surface area contributed by atoms with Crippen LogP contribution in [0.15, 0.2) is 42.4 Å². The molecule has 0 amide bonds. The van der Waals surface area contributed by atoms with E-state index in [2.05, 4.69) is 19.7 Å². The SMILES string of the molecule is C=C.C=Cc1oc(-c2ccc(C)c(N)c2N)cc1C. The average Bonchev–Trinajstić information content (AvgIpc) is 2.79. The van der Waals surface area contributed by atoms with E-state index in [-0.39, 0.29) is 0 Å². The van der Waals surface area contributed by atoms with Crippen molar-refractivity contribution in [3.63, 3.8) is 0 Å². The zero-order valence-electron chi connectivity index (χ0n) is 11.5. The van der Waals surface area contributed by atoms with Gasteiger partial charge >= 0.3 is 0 Å². The highest BCUT2D eigenvalue weighted by Gasteiger charge is 2.12. The minimum absolute atomic E-state index is 0.564. The van der Waals surface area contributed by atoms with E-state index >= 15 is 0 Å². The van der Waals surface area contributed by atoms with Gasteiger partial charge in [0.05, 0.1) is 11.4 Å². The Morgan fingerprint density at radius 1 is 1.05 bits per heavy atom. The highest BCUT2D eigenvalue weighted by Crippen LogP contribution is 2.34. The van der Waals surface area contributed by atoms with Gasteiger partial charge in [0, 0.05) is 5.56 Å². The van der Waals surface area contributed by atoms with Crippen molar-refractivity contribution in [2.75, 3.05) is 11.5 Å². The van der Waals surface area contributed by atoms with Gasteiger partial charge in [-0.15, -0.1) is 13.2 Å². The molecule has 1 heterocycles. The fraction of sp³-hybridized carbons (Fsp3) is 0.125. The molecule has 0 atom stereocenters. The van der Waals surface area contributed by atoms with Crippen LogP contribution in [0.2, 0.25) is 0 Å². The number of anilines is 2. The van der Waals surface area contributed by atoms with Crippen LogP contribution in [0.25, 0.3) is 17.4 Å². The fourth-order valence-electron chi connectivity index (χ4n) is 1.79. The minimum atomic E-state index is 0.564. The summed E-state index contributed by atoms with van der Waals surface area (Å²) < 4.78 is 5.67. The summed E-state index contributed by atoms with van der Waals surface area (Å²) in [4.78, 5) is 0. The summed E-state index contributed by atoms with van der Waals surface area (Å²) in [5, 5.41) is 0. The lowest BCUT2D eigenvalue weighted by Gasteiger charge is -2.08. The molecule has 0 bridgehead atoms. The molecule has 1 aromatic carbocycles. The third-order valence-corrected chi connectivity index (χ3v) is 2.91. The van der Waals surface area contributed by atoms with Gasteiger partial charge in [-0.2, -0.15) is 0 Å². The van der Waals surface area contributed by atoms with Crippen molar-refractivity contribution in [2.45, 2.75) is 13.8 Å². The van der Waals surface area contributed by atoms with E-state index in [9.17, 15) is 0 Å². The van der Waals surface area contributed by atoms with Crippen LogP contribution in [-0.2, 0) is 0 Å². The number of nitrogens with two attached hydrogens (primary N) is 2. The van der Waals surface area contributed by atoms with E-state index in [4.69, 9.17) is 15.9 Å². The Bertz CT molecular complexity index is 597. The van der Waals surface area contributed by atoms with Crippen LogP contribution >= 0.6 is 0 Å². The molecule has 4 N–H and O–H groups in total. The van der Waals surface area contributed by atoms with Gasteiger partial charge in [-0.05, 0) is 43.2 Å². The van der Waals surface area contributed by atoms with Crippen molar-refractivity contribution in [1.29, 1.82) is 0 Å². The standard InChI is InChI=1S/C14H16N2O.C2H4/c1-4-11-9(3)7-12(17-11)10-6-5-8(2)13(15)14(10)16;1-2/h4-7H,1,15-16H2,2-3H3;1-2H2. The molecule has 100 valence electrons. The lowest BCUT2D eigenvalue weighted by molar-refractivity contribution is 0.570. The molecule has 0 aliphatic carbocycles. The summed E-state index contributed by atoms with van der Waals surface area (Å²) in [6, 6.07) is 5.80. The lowest BCUT2D eigenvalue weighted by Crippen LogP contribution is -1.99. The van der Waals surface area contributed by atoms with Crippen molar-refractivity contribution in [2.24, 2.45) is 0 Å². The summed E-state index contributed by atoms with van der Waals surface area (Å²) in [5.41, 5.74) is 15.9. The van der Waals surface area contributed by atoms with Gasteiger partial charge < -0.3 is 15.9 Å². The molecule has 2 aromatic rings. The summed E-state index contributed by atoms with van der Waals surface area (Å²) in [7, 11) is 0. The van der Waals surface area contributed by atoms with Crippen molar-refractivity contribution in [3.05, 3.63) is 54.8 Å². The second kappa shape index (κ2) is 5.96. The van der Waals surface area contributed by atoms with Crippen LogP contribution in [0, 0.1) is 13.8 Å². The summed E-state index contributed by atoms with van der Waals surface area (Å²) in [5.74, 6) is 1.49. The predicted octanol–water partition coefficient (Wildman–Crippen LogP) is 4.17. The Hall–Kier alpha value is -2.42. The molecule has 0 aliphatic rings. The van der Waals surface area contributed by atoms with Gasteiger partial charge in [-0.1, -0.05) is 12.6 Å². The number of hydrogen-bond donors (Lipinski definition) is 2. The molecule has 0 radical (unpaired) electrons. The number of furan rings is 1. The predicted molar refractivity (Wildman–Crippen MR) is 83.8 cm³/mol. The van der Waals surface area contributed by atoms with E-state index in [0.717, 1.165) is 28.2 Å². The largest absolute Gasteiger partial charge is 0.456 e. The van der Waals surface area contributed by atoms with Gasteiger partial charge in [0.2, 0.25) is 0 Å². The van der Waals surface area contributed by atoms with Gasteiger partial charge in [-0.3, -0.25) is 0 Å². The highest BCUT2D eigenvalue weighted by atomic mass is 16.3. The molecular formula is C16H20N2O. The van der Waals surface area contributed by atoms with E-state index in [1.54, 1.807) is 6.08 Å². The first-order valence-corrected chi connectivity index (χ1v) is 5.92. The van der Waals surface area contributed by atoms with Crippen LogP contribution in [0.1, 0.15) is 16.9 Å². The molecule has 0 aliphatic heterocycles. The number of benzene rings is 1. The Balaban J connectivity index is 0.000000861. The average molecular weight is 256 g/mol. The van der Waals surface area contributed by atoms with Crippen molar-refractivity contribution < 1.29 is 4.42 Å². The smallest absolute Gasteiger partial charge is 0.137 e. The van der Waals surface area contributed by atoms with Crippen molar-refractivity contribution in [3.8, 4) is 11.3 Å². The fourth-order valence-corrected chi connectivity index (χ4v) is 1.79. The number of nitrogen functional groups attached to an aromatic ring is 2. The molecule has 0 saturated heterocycles. The third kappa shape index (κ3) is 2.71. The lowest BCUT2D eigenvalue weighted by atomic mass is 10.1. The zero-order valence-corrected chi connectivity index (χ0v) is 11.5. The molecule has 0 spiro atoms. The second-order valence-electron chi connectivity index (χ2n) is 4.12. The maximum Gasteiger partial charge on any atom is 0.137 e. The first-order chi connectivity index (χ1) is 9.04. The van der Waals surface area contributed by atoms with Gasteiger partial charge in [0.1, 0.15) is 11.5 Å². The summed E-state index contributed by atoms with van der Waals surface area (Å²) in [6.45, 7) is 13.6. The van der Waals surface area contributed by atoms with E-state index < -0.39 is 0 Å². The van der Waals surface area contributed by atoms with E-state index in [1.165, 1.54) is 0 Å². The number of rotatable bonds is 2. The highest BCUT2D eigenvalue weighted by molar-refractivity contribution is 5.84. The summed E-state index contributed by atoms with van der Waals surface area (Å²) >= 11 is 0. The Morgan fingerprint density at radius 2 is 1.68 bits per heavy atom. The molecule has 0 fully saturated rings.